The van der Waals surface area contributed by atoms with Gasteiger partial charge < -0.3 is 24.4 Å². The lowest BCUT2D eigenvalue weighted by molar-refractivity contribution is -0.919. The van der Waals surface area contributed by atoms with Gasteiger partial charge in [0.1, 0.15) is 13.2 Å². The molecule has 0 bridgehead atoms. The highest BCUT2D eigenvalue weighted by molar-refractivity contribution is 5.77. The molecule has 0 saturated carbocycles. The lowest BCUT2D eigenvalue weighted by Crippen LogP contribution is -3.12. The van der Waals surface area contributed by atoms with Crippen molar-refractivity contribution in [1.82, 2.24) is 25.5 Å². The zero-order chi connectivity index (χ0) is 19.3. The Bertz CT molecular complexity index is 818. The largest absolute Gasteiger partial charge is 0.454 e. The van der Waals surface area contributed by atoms with Crippen molar-refractivity contribution >= 4 is 5.91 Å². The molecule has 0 aliphatic carbocycles. The lowest BCUT2D eigenvalue weighted by Gasteiger charge is -2.29. The molecule has 3 heterocycles. The second-order valence-electron chi connectivity index (χ2n) is 7.14. The van der Waals surface area contributed by atoms with Crippen molar-refractivity contribution < 1.29 is 23.9 Å². The van der Waals surface area contributed by atoms with E-state index < -0.39 is 0 Å². The molecule has 2 aliphatic heterocycles. The maximum Gasteiger partial charge on any atom is 0.246 e. The van der Waals surface area contributed by atoms with Gasteiger partial charge in [-0.1, -0.05) is 6.07 Å². The Balaban J connectivity index is 1.31. The molecule has 10 heteroatoms. The van der Waals surface area contributed by atoms with E-state index in [4.69, 9.17) is 14.2 Å². The average Bonchev–Trinajstić information content (AvgIpc) is 3.33. The van der Waals surface area contributed by atoms with Crippen LogP contribution >= 0.6 is 0 Å². The Labute approximate surface area is 162 Å². The predicted octanol–water partition coefficient (Wildman–Crippen LogP) is -1.24. The molecular weight excluding hydrogens is 364 g/mol. The zero-order valence-electron chi connectivity index (χ0n) is 15.9. The van der Waals surface area contributed by atoms with Gasteiger partial charge in [-0.05, 0) is 28.1 Å². The first-order valence-corrected chi connectivity index (χ1v) is 9.46. The van der Waals surface area contributed by atoms with E-state index in [1.165, 1.54) is 12.0 Å². The van der Waals surface area contributed by atoms with E-state index in [0.717, 1.165) is 55.4 Å². The summed E-state index contributed by atoms with van der Waals surface area (Å²) in [4.78, 5) is 13.1. The summed E-state index contributed by atoms with van der Waals surface area (Å²) in [7, 11) is 1.53. The zero-order valence-corrected chi connectivity index (χ0v) is 15.9. The van der Waals surface area contributed by atoms with Crippen molar-refractivity contribution in [2.24, 2.45) is 0 Å². The number of fused-ring (bicyclic) bond motifs is 1. The summed E-state index contributed by atoms with van der Waals surface area (Å²) in [5, 5.41) is 15.2. The van der Waals surface area contributed by atoms with E-state index in [9.17, 15) is 4.79 Å². The smallest absolute Gasteiger partial charge is 0.246 e. The Morgan fingerprint density at radius 2 is 2.14 bits per heavy atom. The minimum Gasteiger partial charge on any atom is -0.454 e. The van der Waals surface area contributed by atoms with E-state index in [2.05, 4.69) is 20.8 Å². The molecule has 2 aliphatic rings. The molecule has 1 fully saturated rings. The number of carbonyl (C=O) groups is 1. The normalized spacial score (nSPS) is 20.9. The summed E-state index contributed by atoms with van der Waals surface area (Å²) in [6.07, 6.45) is 1.88. The van der Waals surface area contributed by atoms with Gasteiger partial charge in [-0.3, -0.25) is 4.79 Å². The van der Waals surface area contributed by atoms with Crippen LogP contribution in [0.25, 0.3) is 0 Å². The van der Waals surface area contributed by atoms with Crippen LogP contribution in [0.1, 0.15) is 24.2 Å². The number of nitrogens with zero attached hydrogens (tertiary/aromatic N) is 4. The van der Waals surface area contributed by atoms with Crippen LogP contribution in [-0.2, 0) is 22.6 Å². The highest BCUT2D eigenvalue weighted by Crippen LogP contribution is 2.32. The monoisotopic (exact) mass is 389 g/mol. The molecule has 10 nitrogen and oxygen atoms in total. The number of hydrogen-bond acceptors (Lipinski definition) is 7. The number of likely N-dealkylation sites (tertiary alicyclic amines) is 1. The van der Waals surface area contributed by atoms with Gasteiger partial charge in [-0.2, -0.15) is 0 Å². The van der Waals surface area contributed by atoms with E-state index in [-0.39, 0.29) is 25.3 Å². The molecule has 1 aromatic carbocycles. The minimum absolute atomic E-state index is 0.0522. The number of aromatic nitrogens is 4. The van der Waals surface area contributed by atoms with Crippen molar-refractivity contribution in [3.63, 3.8) is 0 Å². The first-order chi connectivity index (χ1) is 13.7. The van der Waals surface area contributed by atoms with Crippen molar-refractivity contribution in [2.45, 2.75) is 32.0 Å². The molecular formula is C18H25N6O4+. The highest BCUT2D eigenvalue weighted by atomic mass is 16.7. The Kier molecular flexibility index (Phi) is 5.68. The van der Waals surface area contributed by atoms with Crippen LogP contribution in [0.3, 0.4) is 0 Å². The molecule has 0 atom stereocenters. The number of amides is 1. The fourth-order valence-electron chi connectivity index (χ4n) is 3.66. The third-order valence-corrected chi connectivity index (χ3v) is 5.12. The molecule has 1 saturated heterocycles. The number of ether oxygens (including phenoxy) is 3. The Morgan fingerprint density at radius 1 is 1.32 bits per heavy atom. The summed E-state index contributed by atoms with van der Waals surface area (Å²) in [5.74, 6) is 2.33. The standard InChI is InChI=1S/C18H24N6O4/c1-26-11-18(25)19-14-4-6-23(7-5-14)10-17-20-21-22-24(17)9-13-2-3-15-16(8-13)28-12-27-15/h2-3,8,14H,4-7,9-12H2,1H3,(H,19,25)/p+1. The molecule has 1 aromatic heterocycles. The Hall–Kier alpha value is -2.72. The first-order valence-electron chi connectivity index (χ1n) is 9.46. The van der Waals surface area contributed by atoms with Crippen molar-refractivity contribution in [1.29, 1.82) is 0 Å². The summed E-state index contributed by atoms with van der Waals surface area (Å²) in [6.45, 7) is 3.66. The van der Waals surface area contributed by atoms with Crippen molar-refractivity contribution in [3.8, 4) is 11.5 Å². The third-order valence-electron chi connectivity index (χ3n) is 5.12. The number of nitrogens with one attached hydrogen (secondary N) is 2. The summed E-state index contributed by atoms with van der Waals surface area (Å²) in [5.41, 5.74) is 1.06. The fourth-order valence-corrected chi connectivity index (χ4v) is 3.66. The van der Waals surface area contributed by atoms with Crippen LogP contribution in [0.4, 0.5) is 0 Å². The van der Waals surface area contributed by atoms with E-state index in [1.807, 2.05) is 22.9 Å². The number of benzene rings is 1. The van der Waals surface area contributed by atoms with Crippen LogP contribution in [-0.4, -0.2) is 65.8 Å². The molecule has 0 spiro atoms. The van der Waals surface area contributed by atoms with Crippen molar-refractivity contribution in [2.75, 3.05) is 33.6 Å². The number of methoxy groups -OCH3 is 1. The van der Waals surface area contributed by atoms with Crippen LogP contribution in [0.2, 0.25) is 0 Å². The second-order valence-corrected chi connectivity index (χ2v) is 7.14. The second kappa shape index (κ2) is 8.53. The lowest BCUT2D eigenvalue weighted by atomic mass is 10.1. The van der Waals surface area contributed by atoms with Crippen LogP contribution in [0.15, 0.2) is 18.2 Å². The minimum atomic E-state index is -0.0522. The van der Waals surface area contributed by atoms with Crippen molar-refractivity contribution in [3.05, 3.63) is 29.6 Å². The molecule has 150 valence electrons. The summed E-state index contributed by atoms with van der Waals surface area (Å²) >= 11 is 0. The number of carbonyl (C=O) groups excluding carboxylic acids is 1. The van der Waals surface area contributed by atoms with Crippen LogP contribution in [0.5, 0.6) is 11.5 Å². The number of rotatable bonds is 7. The van der Waals surface area contributed by atoms with Gasteiger partial charge in [-0.15, -0.1) is 5.10 Å². The topological polar surface area (TPSA) is 105 Å². The number of hydrogen-bond donors (Lipinski definition) is 2. The summed E-state index contributed by atoms with van der Waals surface area (Å²) < 4.78 is 17.5. The summed E-state index contributed by atoms with van der Waals surface area (Å²) in [6, 6.07) is 6.10. The molecule has 4 rings (SSSR count). The van der Waals surface area contributed by atoms with Crippen LogP contribution in [0, 0.1) is 0 Å². The van der Waals surface area contributed by atoms with E-state index >= 15 is 0 Å². The quantitative estimate of drug-likeness (QED) is 0.610. The number of quaternary nitrogens is 1. The number of piperidine rings is 1. The van der Waals surface area contributed by atoms with Gasteiger partial charge >= 0.3 is 0 Å². The van der Waals surface area contributed by atoms with Gasteiger partial charge in [-0.25, -0.2) is 4.68 Å². The van der Waals surface area contributed by atoms with Gasteiger partial charge in [0.2, 0.25) is 18.5 Å². The first kappa shape index (κ1) is 18.6. The molecule has 28 heavy (non-hydrogen) atoms. The molecule has 1 amide bonds. The molecule has 2 aromatic rings. The maximum atomic E-state index is 11.6. The fraction of sp³-hybridized carbons (Fsp3) is 0.556. The molecule has 0 radical (unpaired) electrons. The van der Waals surface area contributed by atoms with Gasteiger partial charge in [0, 0.05) is 26.0 Å². The highest BCUT2D eigenvalue weighted by Gasteiger charge is 2.25. The third kappa shape index (κ3) is 4.39. The molecule has 0 unspecified atom stereocenters. The predicted molar refractivity (Wildman–Crippen MR) is 96.9 cm³/mol. The van der Waals surface area contributed by atoms with Gasteiger partial charge in [0.05, 0.1) is 19.6 Å². The van der Waals surface area contributed by atoms with Gasteiger partial charge in [0.25, 0.3) is 0 Å². The van der Waals surface area contributed by atoms with Crippen LogP contribution < -0.4 is 19.7 Å². The SMILES string of the molecule is COCC(=O)NC1CC[NH+](Cc2nnnn2Cc2ccc3c(c2)OCO3)CC1. The van der Waals surface area contributed by atoms with E-state index in [1.54, 1.807) is 0 Å². The maximum absolute atomic E-state index is 11.6. The number of tetrazole rings is 1. The van der Waals surface area contributed by atoms with E-state index in [0.29, 0.717) is 6.54 Å². The Morgan fingerprint density at radius 3 is 2.96 bits per heavy atom. The van der Waals surface area contributed by atoms with Gasteiger partial charge in [0.15, 0.2) is 11.5 Å². The average molecular weight is 389 g/mol. The molecule has 2 N–H and O–H groups in total.